The highest BCUT2D eigenvalue weighted by Gasteiger charge is 2.20. The van der Waals surface area contributed by atoms with E-state index in [-0.39, 0.29) is 11.5 Å². The Balaban J connectivity index is 2.78. The molecular weight excluding hydrogens is 326 g/mol. The lowest BCUT2D eigenvalue weighted by atomic mass is 10.1. The number of aliphatic hydroxyl groups is 1. The van der Waals surface area contributed by atoms with E-state index in [2.05, 4.69) is 20.7 Å². The zero-order valence-corrected chi connectivity index (χ0v) is 13.0. The van der Waals surface area contributed by atoms with Crippen LogP contribution < -0.4 is 4.72 Å². The van der Waals surface area contributed by atoms with Gasteiger partial charge in [0.05, 0.1) is 10.4 Å². The van der Waals surface area contributed by atoms with Crippen molar-refractivity contribution in [2.45, 2.75) is 31.8 Å². The Morgan fingerprint density at radius 1 is 1.53 bits per heavy atom. The molecule has 17 heavy (non-hydrogen) atoms. The van der Waals surface area contributed by atoms with E-state index in [9.17, 15) is 8.42 Å². The van der Waals surface area contributed by atoms with Crippen molar-refractivity contribution >= 4 is 37.3 Å². The lowest BCUT2D eigenvalue weighted by Gasteiger charge is -2.07. The Labute approximate surface area is 114 Å². The summed E-state index contributed by atoms with van der Waals surface area (Å²) in [5.41, 5.74) is 0. The first kappa shape index (κ1) is 15.1. The summed E-state index contributed by atoms with van der Waals surface area (Å²) in [5, 5.41) is 8.96. The van der Waals surface area contributed by atoms with Crippen LogP contribution in [0.4, 0.5) is 0 Å². The molecule has 1 aromatic rings. The largest absolute Gasteiger partial charge is 0.391 e. The predicted molar refractivity (Wildman–Crippen MR) is 72.6 cm³/mol. The predicted octanol–water partition coefficient (Wildman–Crippen LogP) is 2.33. The van der Waals surface area contributed by atoms with Crippen LogP contribution in [0.15, 0.2) is 14.7 Å². The van der Waals surface area contributed by atoms with Crippen molar-refractivity contribution < 1.29 is 13.5 Å². The second-order valence-corrected chi connectivity index (χ2v) is 8.28. The van der Waals surface area contributed by atoms with E-state index in [1.807, 2.05) is 13.8 Å². The summed E-state index contributed by atoms with van der Waals surface area (Å²) in [6.07, 6.45) is 0.799. The summed E-state index contributed by atoms with van der Waals surface area (Å²) < 4.78 is 27.0. The molecule has 0 bridgehead atoms. The number of hydrogen-bond donors (Lipinski definition) is 2. The van der Waals surface area contributed by atoms with Crippen molar-refractivity contribution in [1.29, 1.82) is 0 Å². The Bertz CT molecular complexity index is 468. The molecule has 0 saturated carbocycles. The van der Waals surface area contributed by atoms with E-state index in [1.165, 1.54) is 17.4 Å². The molecule has 0 atom stereocenters. The molecule has 1 heterocycles. The molecule has 4 nitrogen and oxygen atoms in total. The van der Waals surface area contributed by atoms with Gasteiger partial charge in [0.25, 0.3) is 0 Å². The summed E-state index contributed by atoms with van der Waals surface area (Å²) in [6.45, 7) is 4.36. The average molecular weight is 342 g/mol. The molecule has 98 valence electrons. The second-order valence-electron chi connectivity index (χ2n) is 4.09. The van der Waals surface area contributed by atoms with Gasteiger partial charge < -0.3 is 5.11 Å². The lowest BCUT2D eigenvalue weighted by Crippen LogP contribution is -2.25. The molecule has 0 fully saturated rings. The number of hydrogen-bond acceptors (Lipinski definition) is 4. The number of sulfonamides is 1. The highest BCUT2D eigenvalue weighted by Crippen LogP contribution is 2.31. The van der Waals surface area contributed by atoms with Gasteiger partial charge in [-0.05, 0) is 34.3 Å². The summed E-state index contributed by atoms with van der Waals surface area (Å²) >= 11 is 4.43. The molecule has 7 heteroatoms. The summed E-state index contributed by atoms with van der Waals surface area (Å²) in [4.78, 5) is 0.830. The van der Waals surface area contributed by atoms with Gasteiger partial charge in [-0.15, -0.1) is 11.3 Å². The number of thiophene rings is 1. The fourth-order valence-electron chi connectivity index (χ4n) is 1.22. The van der Waals surface area contributed by atoms with E-state index < -0.39 is 10.0 Å². The standard InChI is InChI=1S/C10H16BrNO3S2/c1-7(2)3-4-12-17(14,15)9-5-8(6-13)16-10(9)11/h5,7,12-13H,3-4,6H2,1-2H3. The first-order valence-corrected chi connectivity index (χ1v) is 8.35. The van der Waals surface area contributed by atoms with Crippen LogP contribution in [0.1, 0.15) is 25.1 Å². The van der Waals surface area contributed by atoms with Crippen LogP contribution in [0.3, 0.4) is 0 Å². The monoisotopic (exact) mass is 341 g/mol. The molecule has 0 aliphatic carbocycles. The van der Waals surface area contributed by atoms with Crippen LogP contribution in [-0.4, -0.2) is 20.1 Å². The quantitative estimate of drug-likeness (QED) is 0.834. The smallest absolute Gasteiger partial charge is 0.242 e. The highest BCUT2D eigenvalue weighted by atomic mass is 79.9. The van der Waals surface area contributed by atoms with Crippen LogP contribution in [-0.2, 0) is 16.6 Å². The zero-order chi connectivity index (χ0) is 13.1. The molecule has 0 radical (unpaired) electrons. The Morgan fingerprint density at radius 3 is 2.65 bits per heavy atom. The van der Waals surface area contributed by atoms with Gasteiger partial charge in [-0.1, -0.05) is 13.8 Å². The Hall–Kier alpha value is 0.0500. The fraction of sp³-hybridized carbons (Fsp3) is 0.600. The molecule has 1 rings (SSSR count). The third-order valence-electron chi connectivity index (χ3n) is 2.17. The number of halogens is 1. The van der Waals surface area contributed by atoms with Crippen molar-refractivity contribution in [1.82, 2.24) is 4.72 Å². The third-order valence-corrected chi connectivity index (χ3v) is 5.86. The minimum Gasteiger partial charge on any atom is -0.391 e. The number of nitrogens with one attached hydrogen (secondary N) is 1. The van der Waals surface area contributed by atoms with Crippen LogP contribution in [0.5, 0.6) is 0 Å². The minimum absolute atomic E-state index is 0.148. The van der Waals surface area contributed by atoms with Gasteiger partial charge in [0, 0.05) is 11.4 Å². The van der Waals surface area contributed by atoms with Gasteiger partial charge in [-0.3, -0.25) is 0 Å². The highest BCUT2D eigenvalue weighted by molar-refractivity contribution is 9.11. The van der Waals surface area contributed by atoms with Gasteiger partial charge in [0.15, 0.2) is 0 Å². The maximum atomic E-state index is 11.9. The van der Waals surface area contributed by atoms with Crippen LogP contribution in [0.25, 0.3) is 0 Å². The second kappa shape index (κ2) is 6.29. The Morgan fingerprint density at radius 2 is 2.18 bits per heavy atom. The molecule has 0 unspecified atom stereocenters. The molecule has 0 aromatic carbocycles. The zero-order valence-electron chi connectivity index (χ0n) is 9.73. The summed E-state index contributed by atoms with van der Waals surface area (Å²) in [5.74, 6) is 0.455. The molecule has 2 N–H and O–H groups in total. The molecule has 1 aromatic heterocycles. The van der Waals surface area contributed by atoms with Crippen LogP contribution >= 0.6 is 27.3 Å². The topological polar surface area (TPSA) is 66.4 Å². The fourth-order valence-corrected chi connectivity index (χ4v) is 4.81. The van der Waals surface area contributed by atoms with Gasteiger partial charge in [-0.25, -0.2) is 13.1 Å². The van der Waals surface area contributed by atoms with Crippen molar-refractivity contribution in [3.63, 3.8) is 0 Å². The van der Waals surface area contributed by atoms with E-state index in [0.29, 0.717) is 21.1 Å². The maximum absolute atomic E-state index is 11.9. The van der Waals surface area contributed by atoms with Gasteiger partial charge >= 0.3 is 0 Å². The van der Waals surface area contributed by atoms with E-state index in [4.69, 9.17) is 5.11 Å². The summed E-state index contributed by atoms with van der Waals surface area (Å²) in [6, 6.07) is 1.49. The Kier molecular flexibility index (Phi) is 5.59. The van der Waals surface area contributed by atoms with E-state index >= 15 is 0 Å². The molecule has 0 amide bonds. The van der Waals surface area contributed by atoms with Crippen molar-refractivity contribution in [2.24, 2.45) is 5.92 Å². The van der Waals surface area contributed by atoms with Crippen molar-refractivity contribution in [2.75, 3.05) is 6.54 Å². The lowest BCUT2D eigenvalue weighted by molar-refractivity contribution is 0.285. The van der Waals surface area contributed by atoms with Gasteiger partial charge in [-0.2, -0.15) is 0 Å². The summed E-state index contributed by atoms with van der Waals surface area (Å²) in [7, 11) is -3.47. The molecule has 0 spiro atoms. The number of rotatable bonds is 6. The van der Waals surface area contributed by atoms with E-state index in [0.717, 1.165) is 6.42 Å². The normalized spacial score (nSPS) is 12.3. The van der Waals surface area contributed by atoms with E-state index in [1.54, 1.807) is 0 Å². The molecule has 0 aliphatic rings. The minimum atomic E-state index is -3.47. The molecule has 0 saturated heterocycles. The number of aliphatic hydroxyl groups excluding tert-OH is 1. The maximum Gasteiger partial charge on any atom is 0.242 e. The van der Waals surface area contributed by atoms with Gasteiger partial charge in [0.2, 0.25) is 10.0 Å². The third kappa shape index (κ3) is 4.33. The first-order chi connectivity index (χ1) is 7.86. The van der Waals surface area contributed by atoms with Crippen LogP contribution in [0, 0.1) is 5.92 Å². The van der Waals surface area contributed by atoms with Crippen molar-refractivity contribution in [3.8, 4) is 0 Å². The van der Waals surface area contributed by atoms with Crippen molar-refractivity contribution in [3.05, 3.63) is 14.7 Å². The molecule has 0 aliphatic heterocycles. The van der Waals surface area contributed by atoms with Gasteiger partial charge in [0.1, 0.15) is 4.90 Å². The van der Waals surface area contributed by atoms with Crippen LogP contribution in [0.2, 0.25) is 0 Å². The average Bonchev–Trinajstić information content (AvgIpc) is 2.59. The molecular formula is C10H16BrNO3S2. The first-order valence-electron chi connectivity index (χ1n) is 5.25. The SMILES string of the molecule is CC(C)CCNS(=O)(=O)c1cc(CO)sc1Br.